The predicted octanol–water partition coefficient (Wildman–Crippen LogP) is 3.12. The summed E-state index contributed by atoms with van der Waals surface area (Å²) < 4.78 is 5.32. The lowest BCUT2D eigenvalue weighted by atomic mass is 10.2. The standard InChI is InChI=1S/C13H9BrN2O2/c14-11-12(10-6-3-7-18-10)15-8-4-1-2-5-9(8)16-13(11)17/h1-7,11H,(H,16,17). The van der Waals surface area contributed by atoms with Gasteiger partial charge in [0.25, 0.3) is 0 Å². The minimum atomic E-state index is -0.531. The number of amides is 1. The Morgan fingerprint density at radius 1 is 1.22 bits per heavy atom. The number of carbonyl (C=O) groups is 1. The van der Waals surface area contributed by atoms with E-state index < -0.39 is 4.83 Å². The van der Waals surface area contributed by atoms with E-state index in [1.54, 1.807) is 18.4 Å². The first kappa shape index (κ1) is 11.2. The summed E-state index contributed by atoms with van der Waals surface area (Å²) in [6, 6.07) is 11.0. The van der Waals surface area contributed by atoms with Gasteiger partial charge >= 0.3 is 0 Å². The monoisotopic (exact) mass is 304 g/mol. The SMILES string of the molecule is O=C1Nc2ccccc2N=C(c2ccco2)C1Br. The number of aliphatic imine (C=N–C) groups is 1. The molecule has 1 unspecified atom stereocenters. The number of rotatable bonds is 1. The minimum Gasteiger partial charge on any atom is -0.463 e. The number of alkyl halides is 1. The molecular formula is C13H9BrN2O2. The van der Waals surface area contributed by atoms with Gasteiger partial charge in [0.05, 0.1) is 17.6 Å². The lowest BCUT2D eigenvalue weighted by Gasteiger charge is -2.07. The van der Waals surface area contributed by atoms with Crippen molar-refractivity contribution >= 4 is 38.9 Å². The maximum absolute atomic E-state index is 12.0. The highest BCUT2D eigenvalue weighted by atomic mass is 79.9. The first-order chi connectivity index (χ1) is 8.75. The van der Waals surface area contributed by atoms with E-state index in [4.69, 9.17) is 4.42 Å². The van der Waals surface area contributed by atoms with E-state index in [1.165, 1.54) is 0 Å². The van der Waals surface area contributed by atoms with Gasteiger partial charge in [0, 0.05) is 0 Å². The predicted molar refractivity (Wildman–Crippen MR) is 72.7 cm³/mol. The smallest absolute Gasteiger partial charge is 0.244 e. The molecule has 0 spiro atoms. The van der Waals surface area contributed by atoms with Crippen LogP contribution in [0.5, 0.6) is 0 Å². The van der Waals surface area contributed by atoms with Gasteiger partial charge in [-0.3, -0.25) is 4.79 Å². The van der Waals surface area contributed by atoms with Crippen LogP contribution in [0.15, 0.2) is 52.1 Å². The van der Waals surface area contributed by atoms with Crippen molar-refractivity contribution in [2.75, 3.05) is 5.32 Å². The van der Waals surface area contributed by atoms with Gasteiger partial charge in [-0.25, -0.2) is 4.99 Å². The van der Waals surface area contributed by atoms with Crippen LogP contribution in [-0.4, -0.2) is 16.4 Å². The van der Waals surface area contributed by atoms with Gasteiger partial charge in [0.15, 0.2) is 0 Å². The summed E-state index contributed by atoms with van der Waals surface area (Å²) in [6.07, 6.45) is 1.56. The molecule has 0 saturated carbocycles. The van der Waals surface area contributed by atoms with Crippen LogP contribution in [0, 0.1) is 0 Å². The highest BCUT2D eigenvalue weighted by Crippen LogP contribution is 2.30. The Morgan fingerprint density at radius 2 is 2.06 bits per heavy atom. The van der Waals surface area contributed by atoms with Gasteiger partial charge in [-0.1, -0.05) is 28.1 Å². The molecule has 1 aromatic heterocycles. The summed E-state index contributed by atoms with van der Waals surface area (Å²) in [4.78, 5) is 16.0. The van der Waals surface area contributed by atoms with Gasteiger partial charge in [-0.05, 0) is 24.3 Å². The molecule has 1 aromatic carbocycles. The molecule has 2 heterocycles. The van der Waals surface area contributed by atoms with Crippen LogP contribution >= 0.6 is 15.9 Å². The quantitative estimate of drug-likeness (QED) is 0.823. The first-order valence-corrected chi connectivity index (χ1v) is 6.34. The van der Waals surface area contributed by atoms with Gasteiger partial charge in [0.2, 0.25) is 5.91 Å². The second-order valence-electron chi connectivity index (χ2n) is 3.84. The molecule has 1 aliphatic heterocycles. The lowest BCUT2D eigenvalue weighted by Crippen LogP contribution is -2.28. The number of carbonyl (C=O) groups excluding carboxylic acids is 1. The molecular weight excluding hydrogens is 296 g/mol. The molecule has 1 amide bonds. The fraction of sp³-hybridized carbons (Fsp3) is 0.0769. The van der Waals surface area contributed by atoms with E-state index >= 15 is 0 Å². The van der Waals surface area contributed by atoms with Crippen LogP contribution in [0.4, 0.5) is 11.4 Å². The Hall–Kier alpha value is -1.88. The summed E-state index contributed by atoms with van der Waals surface area (Å²) in [6.45, 7) is 0. The Bertz CT molecular complexity index is 620. The number of furan rings is 1. The third-order valence-corrected chi connectivity index (χ3v) is 3.50. The van der Waals surface area contributed by atoms with Crippen molar-refractivity contribution in [3.63, 3.8) is 0 Å². The highest BCUT2D eigenvalue weighted by molar-refractivity contribution is 9.10. The van der Waals surface area contributed by atoms with Gasteiger partial charge in [0.1, 0.15) is 16.3 Å². The first-order valence-electron chi connectivity index (χ1n) is 5.42. The van der Waals surface area contributed by atoms with E-state index in [0.717, 1.165) is 5.69 Å². The van der Waals surface area contributed by atoms with Crippen molar-refractivity contribution in [1.29, 1.82) is 0 Å². The fourth-order valence-corrected chi connectivity index (χ4v) is 2.23. The molecule has 0 bridgehead atoms. The van der Waals surface area contributed by atoms with Gasteiger partial charge < -0.3 is 9.73 Å². The molecule has 0 radical (unpaired) electrons. The van der Waals surface area contributed by atoms with Crippen LogP contribution in [0.3, 0.4) is 0 Å². The van der Waals surface area contributed by atoms with E-state index in [1.807, 2.05) is 24.3 Å². The molecule has 3 rings (SSSR count). The number of hydrogen-bond donors (Lipinski definition) is 1. The van der Waals surface area contributed by atoms with E-state index in [0.29, 0.717) is 17.2 Å². The van der Waals surface area contributed by atoms with Crippen LogP contribution in [0.2, 0.25) is 0 Å². The summed E-state index contributed by atoms with van der Waals surface area (Å²) in [5.74, 6) is 0.429. The second-order valence-corrected chi connectivity index (χ2v) is 4.76. The van der Waals surface area contributed by atoms with Crippen LogP contribution in [0.25, 0.3) is 0 Å². The summed E-state index contributed by atoms with van der Waals surface area (Å²) in [7, 11) is 0. The van der Waals surface area contributed by atoms with Crippen molar-refractivity contribution in [2.45, 2.75) is 4.83 Å². The van der Waals surface area contributed by atoms with Gasteiger partial charge in [-0.2, -0.15) is 0 Å². The number of nitrogens with zero attached hydrogens (tertiary/aromatic N) is 1. The molecule has 0 aliphatic carbocycles. The van der Waals surface area contributed by atoms with E-state index in [9.17, 15) is 4.79 Å². The number of fused-ring (bicyclic) bond motifs is 1. The maximum Gasteiger partial charge on any atom is 0.244 e. The topological polar surface area (TPSA) is 54.6 Å². The molecule has 18 heavy (non-hydrogen) atoms. The third kappa shape index (κ3) is 1.86. The van der Waals surface area contributed by atoms with Crippen molar-refractivity contribution in [3.8, 4) is 0 Å². The maximum atomic E-state index is 12.0. The third-order valence-electron chi connectivity index (χ3n) is 2.65. The number of para-hydroxylation sites is 2. The highest BCUT2D eigenvalue weighted by Gasteiger charge is 2.28. The normalized spacial score (nSPS) is 18.6. The zero-order valence-electron chi connectivity index (χ0n) is 9.26. The molecule has 1 atom stereocenters. The molecule has 4 nitrogen and oxygen atoms in total. The molecule has 1 aliphatic rings. The molecule has 5 heteroatoms. The van der Waals surface area contributed by atoms with Crippen LogP contribution in [0.1, 0.15) is 5.76 Å². The molecule has 2 aromatic rings. The Labute approximate surface area is 112 Å². The second kappa shape index (κ2) is 4.42. The van der Waals surface area contributed by atoms with Gasteiger partial charge in [-0.15, -0.1) is 0 Å². The molecule has 90 valence electrons. The van der Waals surface area contributed by atoms with Crippen LogP contribution in [-0.2, 0) is 4.79 Å². The van der Waals surface area contributed by atoms with Crippen molar-refractivity contribution in [2.24, 2.45) is 4.99 Å². The number of halogens is 1. The summed E-state index contributed by atoms with van der Waals surface area (Å²) >= 11 is 3.35. The number of nitrogens with one attached hydrogen (secondary N) is 1. The number of hydrogen-bond acceptors (Lipinski definition) is 3. The average Bonchev–Trinajstić information content (AvgIpc) is 2.86. The van der Waals surface area contributed by atoms with Crippen molar-refractivity contribution in [1.82, 2.24) is 0 Å². The largest absolute Gasteiger partial charge is 0.463 e. The lowest BCUT2D eigenvalue weighted by molar-refractivity contribution is -0.114. The number of anilines is 1. The fourth-order valence-electron chi connectivity index (χ4n) is 1.79. The molecule has 1 N–H and O–H groups in total. The van der Waals surface area contributed by atoms with Crippen molar-refractivity contribution in [3.05, 3.63) is 48.4 Å². The zero-order valence-corrected chi connectivity index (χ0v) is 10.8. The summed E-state index contributed by atoms with van der Waals surface area (Å²) in [5, 5.41) is 2.82. The number of benzene rings is 1. The molecule has 0 fully saturated rings. The van der Waals surface area contributed by atoms with Crippen LogP contribution < -0.4 is 5.32 Å². The molecule has 0 saturated heterocycles. The zero-order chi connectivity index (χ0) is 12.5. The minimum absolute atomic E-state index is 0.157. The van der Waals surface area contributed by atoms with E-state index in [-0.39, 0.29) is 5.91 Å². The Kier molecular flexibility index (Phi) is 2.76. The van der Waals surface area contributed by atoms with Crippen molar-refractivity contribution < 1.29 is 9.21 Å². The Morgan fingerprint density at radius 3 is 2.83 bits per heavy atom. The average molecular weight is 305 g/mol. The summed E-state index contributed by atoms with van der Waals surface area (Å²) in [5.41, 5.74) is 2.00. The Balaban J connectivity index is 2.17. The van der Waals surface area contributed by atoms with E-state index in [2.05, 4.69) is 26.2 Å².